The zero-order chi connectivity index (χ0) is 14.5. The standard InChI is InChI=1S/C14H28N4O2/c1-15-10-13-11-18(8-9-20-13)12-4-6-17(7-5-12)14(19)16(2)3/h12-13,15H,4-11H2,1-3H3. The molecule has 6 nitrogen and oxygen atoms in total. The van der Waals surface area contributed by atoms with Crippen LogP contribution in [0.15, 0.2) is 0 Å². The van der Waals surface area contributed by atoms with Crippen molar-refractivity contribution >= 4 is 6.03 Å². The molecule has 0 aliphatic carbocycles. The van der Waals surface area contributed by atoms with Gasteiger partial charge < -0.3 is 19.9 Å². The van der Waals surface area contributed by atoms with Crippen LogP contribution in [0.25, 0.3) is 0 Å². The Hall–Kier alpha value is -0.850. The smallest absolute Gasteiger partial charge is 0.319 e. The van der Waals surface area contributed by atoms with Crippen LogP contribution in [-0.2, 0) is 4.74 Å². The number of urea groups is 1. The van der Waals surface area contributed by atoms with Gasteiger partial charge in [-0.15, -0.1) is 0 Å². The van der Waals surface area contributed by atoms with Crippen molar-refractivity contribution in [2.75, 3.05) is 60.5 Å². The van der Waals surface area contributed by atoms with Gasteiger partial charge in [-0.1, -0.05) is 0 Å². The monoisotopic (exact) mass is 284 g/mol. The molecule has 20 heavy (non-hydrogen) atoms. The molecular weight excluding hydrogens is 256 g/mol. The first-order chi connectivity index (χ1) is 9.61. The molecule has 2 heterocycles. The zero-order valence-electron chi connectivity index (χ0n) is 13.0. The van der Waals surface area contributed by atoms with E-state index >= 15 is 0 Å². The fourth-order valence-corrected chi connectivity index (χ4v) is 3.13. The first-order valence-corrected chi connectivity index (χ1v) is 7.58. The van der Waals surface area contributed by atoms with Crippen molar-refractivity contribution in [3.63, 3.8) is 0 Å². The third-order valence-corrected chi connectivity index (χ3v) is 4.24. The van der Waals surface area contributed by atoms with Gasteiger partial charge in [-0.05, 0) is 19.9 Å². The molecule has 2 rings (SSSR count). The Labute approximate surface area is 122 Å². The minimum Gasteiger partial charge on any atom is -0.374 e. The fraction of sp³-hybridized carbons (Fsp3) is 0.929. The summed E-state index contributed by atoms with van der Waals surface area (Å²) in [7, 11) is 5.60. The van der Waals surface area contributed by atoms with Gasteiger partial charge >= 0.3 is 6.03 Å². The SMILES string of the molecule is CNCC1CN(C2CCN(C(=O)N(C)C)CC2)CCO1. The quantitative estimate of drug-likeness (QED) is 0.796. The average Bonchev–Trinajstić information content (AvgIpc) is 2.47. The molecule has 2 fully saturated rings. The lowest BCUT2D eigenvalue weighted by atomic mass is 10.0. The number of amides is 2. The van der Waals surface area contributed by atoms with Crippen LogP contribution >= 0.6 is 0 Å². The number of hydrogen-bond acceptors (Lipinski definition) is 4. The molecule has 0 radical (unpaired) electrons. The summed E-state index contributed by atoms with van der Waals surface area (Å²) in [5.74, 6) is 0. The summed E-state index contributed by atoms with van der Waals surface area (Å²) in [6, 6.07) is 0.739. The molecule has 2 aliphatic heterocycles. The second kappa shape index (κ2) is 7.24. The van der Waals surface area contributed by atoms with Gasteiger partial charge in [0.2, 0.25) is 0 Å². The maximum absolute atomic E-state index is 11.9. The van der Waals surface area contributed by atoms with Gasteiger partial charge in [-0.25, -0.2) is 4.79 Å². The number of likely N-dealkylation sites (tertiary alicyclic amines) is 1. The first-order valence-electron chi connectivity index (χ1n) is 7.58. The third-order valence-electron chi connectivity index (χ3n) is 4.24. The van der Waals surface area contributed by atoms with Crippen molar-refractivity contribution in [1.82, 2.24) is 20.0 Å². The first kappa shape index (κ1) is 15.5. The van der Waals surface area contributed by atoms with E-state index in [0.29, 0.717) is 12.1 Å². The predicted molar refractivity (Wildman–Crippen MR) is 78.9 cm³/mol. The van der Waals surface area contributed by atoms with E-state index in [1.54, 1.807) is 4.90 Å². The average molecular weight is 284 g/mol. The number of ether oxygens (including phenoxy) is 1. The van der Waals surface area contributed by atoms with E-state index < -0.39 is 0 Å². The number of morpholine rings is 1. The minimum atomic E-state index is 0.137. The number of nitrogens with zero attached hydrogens (tertiary/aromatic N) is 3. The van der Waals surface area contributed by atoms with Crippen molar-refractivity contribution in [3.8, 4) is 0 Å². The van der Waals surface area contributed by atoms with Gasteiger partial charge in [-0.2, -0.15) is 0 Å². The van der Waals surface area contributed by atoms with E-state index in [4.69, 9.17) is 4.74 Å². The molecule has 0 aromatic heterocycles. The van der Waals surface area contributed by atoms with Gasteiger partial charge in [0.1, 0.15) is 0 Å². The maximum Gasteiger partial charge on any atom is 0.319 e. The fourth-order valence-electron chi connectivity index (χ4n) is 3.13. The molecule has 0 aromatic rings. The molecule has 1 unspecified atom stereocenters. The molecule has 2 aliphatic rings. The molecule has 2 amide bonds. The molecule has 0 aromatic carbocycles. The highest BCUT2D eigenvalue weighted by Crippen LogP contribution is 2.19. The Morgan fingerprint density at radius 2 is 2.00 bits per heavy atom. The Morgan fingerprint density at radius 1 is 1.30 bits per heavy atom. The minimum absolute atomic E-state index is 0.137. The van der Waals surface area contributed by atoms with Crippen LogP contribution in [0.2, 0.25) is 0 Å². The van der Waals surface area contributed by atoms with Crippen LogP contribution in [0.5, 0.6) is 0 Å². The molecule has 1 N–H and O–H groups in total. The molecule has 2 saturated heterocycles. The highest BCUT2D eigenvalue weighted by atomic mass is 16.5. The molecule has 0 spiro atoms. The third kappa shape index (κ3) is 3.84. The summed E-state index contributed by atoms with van der Waals surface area (Å²) in [5, 5.41) is 3.19. The lowest BCUT2D eigenvalue weighted by Gasteiger charge is -2.42. The Morgan fingerprint density at radius 3 is 2.60 bits per heavy atom. The molecule has 1 atom stereocenters. The number of likely N-dealkylation sites (N-methyl/N-ethyl adjacent to an activating group) is 1. The summed E-state index contributed by atoms with van der Waals surface area (Å²) in [6.07, 6.45) is 2.45. The van der Waals surface area contributed by atoms with Crippen molar-refractivity contribution in [1.29, 1.82) is 0 Å². The maximum atomic E-state index is 11.9. The van der Waals surface area contributed by atoms with Gasteiger partial charge in [0.25, 0.3) is 0 Å². The van der Waals surface area contributed by atoms with Crippen LogP contribution in [0.1, 0.15) is 12.8 Å². The molecule has 6 heteroatoms. The van der Waals surface area contributed by atoms with E-state index in [2.05, 4.69) is 10.2 Å². The summed E-state index contributed by atoms with van der Waals surface area (Å²) in [4.78, 5) is 18.1. The van der Waals surface area contributed by atoms with E-state index in [-0.39, 0.29) is 6.03 Å². The zero-order valence-corrected chi connectivity index (χ0v) is 13.0. The van der Waals surface area contributed by atoms with E-state index in [0.717, 1.165) is 52.2 Å². The van der Waals surface area contributed by atoms with Crippen molar-refractivity contribution < 1.29 is 9.53 Å². The number of carbonyl (C=O) groups excluding carboxylic acids is 1. The molecule has 116 valence electrons. The lowest BCUT2D eigenvalue weighted by Crippen LogP contribution is -2.54. The Balaban J connectivity index is 1.80. The van der Waals surface area contributed by atoms with Gasteiger partial charge in [0.05, 0.1) is 12.7 Å². The number of carbonyl (C=O) groups is 1. The van der Waals surface area contributed by atoms with Crippen LogP contribution in [0.3, 0.4) is 0 Å². The number of rotatable bonds is 3. The Bertz CT molecular complexity index is 314. The van der Waals surface area contributed by atoms with E-state index in [1.807, 2.05) is 26.0 Å². The number of nitrogens with one attached hydrogen (secondary N) is 1. The normalized spacial score (nSPS) is 25.8. The van der Waals surface area contributed by atoms with E-state index in [1.165, 1.54) is 0 Å². The van der Waals surface area contributed by atoms with Crippen LogP contribution in [0, 0.1) is 0 Å². The summed E-state index contributed by atoms with van der Waals surface area (Å²) in [5.41, 5.74) is 0. The highest BCUT2D eigenvalue weighted by molar-refractivity contribution is 5.73. The highest BCUT2D eigenvalue weighted by Gasteiger charge is 2.30. The largest absolute Gasteiger partial charge is 0.374 e. The summed E-state index contributed by atoms with van der Waals surface area (Å²) >= 11 is 0. The van der Waals surface area contributed by atoms with Gasteiger partial charge in [0, 0.05) is 52.9 Å². The number of hydrogen-bond donors (Lipinski definition) is 1. The van der Waals surface area contributed by atoms with Gasteiger partial charge in [0.15, 0.2) is 0 Å². The predicted octanol–water partition coefficient (Wildman–Crippen LogP) is 0.0526. The van der Waals surface area contributed by atoms with Crippen LogP contribution in [-0.4, -0.2) is 93.4 Å². The van der Waals surface area contributed by atoms with Crippen molar-refractivity contribution in [2.45, 2.75) is 25.0 Å². The Kier molecular flexibility index (Phi) is 5.63. The van der Waals surface area contributed by atoms with Crippen LogP contribution in [0.4, 0.5) is 4.79 Å². The van der Waals surface area contributed by atoms with E-state index in [9.17, 15) is 4.79 Å². The van der Waals surface area contributed by atoms with Crippen LogP contribution < -0.4 is 5.32 Å². The van der Waals surface area contributed by atoms with Crippen molar-refractivity contribution in [3.05, 3.63) is 0 Å². The topological polar surface area (TPSA) is 48.0 Å². The molecule has 0 saturated carbocycles. The summed E-state index contributed by atoms with van der Waals surface area (Å²) in [6.45, 7) is 5.50. The summed E-state index contributed by atoms with van der Waals surface area (Å²) < 4.78 is 5.75. The lowest BCUT2D eigenvalue weighted by molar-refractivity contribution is -0.0486. The second-order valence-electron chi connectivity index (χ2n) is 5.94. The van der Waals surface area contributed by atoms with Crippen molar-refractivity contribution in [2.24, 2.45) is 0 Å². The number of piperidine rings is 1. The molecule has 0 bridgehead atoms. The molecular formula is C14H28N4O2. The van der Waals surface area contributed by atoms with Gasteiger partial charge in [-0.3, -0.25) is 4.90 Å². The second-order valence-corrected chi connectivity index (χ2v) is 5.94.